The molecule has 9 nitrogen and oxygen atoms in total. The fraction of sp³-hybridized carbons (Fsp3) is 0.919. The molecule has 1 amide bonds. The highest BCUT2D eigenvalue weighted by Gasteiger charge is 2.28. The van der Waals surface area contributed by atoms with Gasteiger partial charge in [0.25, 0.3) is 0 Å². The van der Waals surface area contributed by atoms with E-state index < -0.39 is 5.60 Å². The number of Topliss-reactive ketones (excluding diaryl/α,β-unsaturated/α-hetero) is 2. The van der Waals surface area contributed by atoms with Crippen molar-refractivity contribution < 1.29 is 23.9 Å². The Bertz CT molecular complexity index is 914. The van der Waals surface area contributed by atoms with Crippen LogP contribution in [0.1, 0.15) is 153 Å². The number of ether oxygens (including phenoxy) is 2. The maximum atomic E-state index is 13.5. The summed E-state index contributed by atoms with van der Waals surface area (Å²) in [6.45, 7) is 27.0. The Morgan fingerprint density at radius 2 is 1.12 bits per heavy atom. The largest absolute Gasteiger partial charge is 0.375 e. The summed E-state index contributed by atoms with van der Waals surface area (Å²) in [5, 5.41) is 13.4. The molecular formula is C37H76B2N4O5. The molecule has 0 rings (SSSR count). The van der Waals surface area contributed by atoms with E-state index in [9.17, 15) is 14.4 Å². The van der Waals surface area contributed by atoms with Crippen molar-refractivity contribution in [2.24, 2.45) is 0 Å². The fourth-order valence-corrected chi connectivity index (χ4v) is 5.82. The lowest BCUT2D eigenvalue weighted by atomic mass is 9.90. The van der Waals surface area contributed by atoms with Crippen LogP contribution in [0.2, 0.25) is 13.6 Å². The molecule has 0 aliphatic rings. The second kappa shape index (κ2) is 24.0. The number of amides is 1. The zero-order valence-electron chi connectivity index (χ0n) is 33.4. The Morgan fingerprint density at radius 3 is 1.60 bits per heavy atom. The summed E-state index contributed by atoms with van der Waals surface area (Å²) in [5.74, 6) is 0.316. The van der Waals surface area contributed by atoms with Gasteiger partial charge in [-0.1, -0.05) is 40.3 Å². The van der Waals surface area contributed by atoms with Gasteiger partial charge in [0, 0.05) is 50.1 Å². The summed E-state index contributed by atoms with van der Waals surface area (Å²) in [6, 6.07) is -0.697. The Kier molecular flexibility index (Phi) is 23.4. The minimum atomic E-state index is -0.401. The Hall–Kier alpha value is -1.26. The number of carbonyl (C=O) groups excluding carboxylic acids is 3. The molecule has 0 spiro atoms. The van der Waals surface area contributed by atoms with Crippen molar-refractivity contribution in [3.05, 3.63) is 0 Å². The molecule has 0 saturated heterocycles. The first-order valence-electron chi connectivity index (χ1n) is 19.2. The quantitative estimate of drug-likeness (QED) is 0.0537. The van der Waals surface area contributed by atoms with Gasteiger partial charge in [-0.05, 0) is 107 Å². The minimum absolute atomic E-state index is 0.0121. The third kappa shape index (κ3) is 23.2. The van der Waals surface area contributed by atoms with Crippen LogP contribution in [-0.2, 0) is 23.9 Å². The van der Waals surface area contributed by atoms with Crippen molar-refractivity contribution in [1.82, 2.24) is 21.1 Å². The summed E-state index contributed by atoms with van der Waals surface area (Å²) in [7, 11) is 1.84. The van der Waals surface area contributed by atoms with Crippen LogP contribution in [0.15, 0.2) is 0 Å². The number of nitrogens with one attached hydrogen (secondary N) is 4. The number of rotatable bonds is 31. The smallest absolute Gasteiger partial charge is 0.220 e. The van der Waals surface area contributed by atoms with Gasteiger partial charge < -0.3 is 25.2 Å². The van der Waals surface area contributed by atoms with Gasteiger partial charge in [-0.25, -0.2) is 0 Å². The molecule has 2 unspecified atom stereocenters. The number of hydrogen-bond acceptors (Lipinski definition) is 8. The summed E-state index contributed by atoms with van der Waals surface area (Å²) < 4.78 is 12.3. The van der Waals surface area contributed by atoms with E-state index in [4.69, 9.17) is 9.47 Å². The monoisotopic (exact) mass is 679 g/mol. The third-order valence-electron chi connectivity index (χ3n) is 9.29. The molecule has 0 radical (unpaired) electrons. The van der Waals surface area contributed by atoms with Crippen molar-refractivity contribution in [3.8, 4) is 0 Å². The van der Waals surface area contributed by atoms with Crippen LogP contribution in [0.25, 0.3) is 0 Å². The van der Waals surface area contributed by atoms with Gasteiger partial charge in [-0.15, -0.1) is 0 Å². The predicted molar refractivity (Wildman–Crippen MR) is 206 cm³/mol. The van der Waals surface area contributed by atoms with E-state index in [2.05, 4.69) is 83.2 Å². The molecule has 0 aliphatic carbocycles. The first-order chi connectivity index (χ1) is 22.3. The Balaban J connectivity index is 4.81. The van der Waals surface area contributed by atoms with Crippen LogP contribution in [0.4, 0.5) is 0 Å². The van der Waals surface area contributed by atoms with E-state index in [1.807, 2.05) is 20.8 Å². The maximum absolute atomic E-state index is 13.5. The van der Waals surface area contributed by atoms with Gasteiger partial charge in [0.05, 0.1) is 23.3 Å². The lowest BCUT2D eigenvalue weighted by Crippen LogP contribution is -2.47. The van der Waals surface area contributed by atoms with Crippen LogP contribution in [0.5, 0.6) is 0 Å². The highest BCUT2D eigenvalue weighted by Crippen LogP contribution is 2.22. The minimum Gasteiger partial charge on any atom is -0.375 e. The fourth-order valence-electron chi connectivity index (χ4n) is 5.82. The van der Waals surface area contributed by atoms with Crippen molar-refractivity contribution in [2.45, 2.75) is 201 Å². The SMILES string of the molecule is CBNC(C)(C)CCOC(C)(C)CCC(=O)NCCCCC(NC(CCCC)C(=O)CCC(C)(C)OCCC(C)(C)NBC)C(=O)CC. The molecule has 0 aliphatic heterocycles. The van der Waals surface area contributed by atoms with Crippen LogP contribution in [0, 0.1) is 0 Å². The average Bonchev–Trinajstić information content (AvgIpc) is 2.98. The highest BCUT2D eigenvalue weighted by atomic mass is 16.5. The highest BCUT2D eigenvalue weighted by molar-refractivity contribution is 6.30. The second-order valence-corrected chi connectivity index (χ2v) is 16.1. The van der Waals surface area contributed by atoms with Crippen LogP contribution >= 0.6 is 0 Å². The molecule has 11 heteroatoms. The maximum Gasteiger partial charge on any atom is 0.220 e. The van der Waals surface area contributed by atoms with Gasteiger partial charge in [-0.2, -0.15) is 0 Å². The van der Waals surface area contributed by atoms with Gasteiger partial charge in [-0.3, -0.25) is 19.7 Å². The Morgan fingerprint density at radius 1 is 0.646 bits per heavy atom. The van der Waals surface area contributed by atoms with Gasteiger partial charge >= 0.3 is 0 Å². The standard InChI is InChI=1S/C37H76B2N4O5/c1-13-15-18-30(32(45)20-22-36(7,8)47-27-24-34(3,4)42-38-11)41-29(31(44)14-2)19-16-17-26-40-33(46)21-23-37(9,10)48-28-25-35(5,6)43-39-12/h29-30,38-39,41-43H,13-28H2,1-12H3,(H,40,46). The molecule has 0 heterocycles. The molecule has 0 aromatic rings. The number of hydrogen-bond donors (Lipinski definition) is 4. The zero-order chi connectivity index (χ0) is 36.9. The van der Waals surface area contributed by atoms with E-state index in [1.54, 1.807) is 0 Å². The molecule has 280 valence electrons. The number of carbonyl (C=O) groups is 3. The van der Waals surface area contributed by atoms with Crippen molar-refractivity contribution in [3.63, 3.8) is 0 Å². The van der Waals surface area contributed by atoms with E-state index >= 15 is 0 Å². The summed E-state index contributed by atoms with van der Waals surface area (Å²) in [5.41, 5.74) is -0.725. The molecule has 4 N–H and O–H groups in total. The second-order valence-electron chi connectivity index (χ2n) is 16.1. The first-order valence-corrected chi connectivity index (χ1v) is 19.2. The molecule has 0 bridgehead atoms. The topological polar surface area (TPSA) is 118 Å². The van der Waals surface area contributed by atoms with Crippen LogP contribution < -0.4 is 21.1 Å². The summed E-state index contributed by atoms with van der Waals surface area (Å²) >= 11 is 0. The van der Waals surface area contributed by atoms with Crippen molar-refractivity contribution in [1.29, 1.82) is 0 Å². The predicted octanol–water partition coefficient (Wildman–Crippen LogP) is 5.80. The lowest BCUT2D eigenvalue weighted by molar-refractivity contribution is -0.125. The molecule has 0 fully saturated rings. The third-order valence-corrected chi connectivity index (χ3v) is 9.29. The summed E-state index contributed by atoms with van der Waals surface area (Å²) in [4.78, 5) is 39.0. The van der Waals surface area contributed by atoms with Crippen molar-refractivity contribution in [2.75, 3.05) is 19.8 Å². The number of ketones is 2. The Labute approximate surface area is 297 Å². The van der Waals surface area contributed by atoms with Gasteiger partial charge in [0.2, 0.25) is 5.91 Å². The first kappa shape index (κ1) is 46.7. The van der Waals surface area contributed by atoms with Crippen LogP contribution in [-0.4, -0.2) is 86.4 Å². The van der Waals surface area contributed by atoms with Crippen LogP contribution in [0.3, 0.4) is 0 Å². The van der Waals surface area contributed by atoms with E-state index in [0.29, 0.717) is 58.3 Å². The van der Waals surface area contributed by atoms with E-state index in [-0.39, 0.29) is 46.2 Å². The lowest BCUT2D eigenvalue weighted by Gasteiger charge is -2.31. The normalized spacial score (nSPS) is 14.0. The van der Waals surface area contributed by atoms with Crippen molar-refractivity contribution >= 4 is 32.3 Å². The number of unbranched alkanes of at least 4 members (excludes halogenated alkanes) is 2. The zero-order valence-corrected chi connectivity index (χ0v) is 33.4. The molecule has 0 aromatic carbocycles. The molecular weight excluding hydrogens is 602 g/mol. The van der Waals surface area contributed by atoms with E-state index in [0.717, 1.165) is 59.8 Å². The van der Waals surface area contributed by atoms with Gasteiger partial charge in [0.1, 0.15) is 11.6 Å². The average molecular weight is 679 g/mol. The van der Waals surface area contributed by atoms with Gasteiger partial charge in [0.15, 0.2) is 14.8 Å². The molecule has 0 saturated carbocycles. The molecule has 0 aromatic heterocycles. The molecule has 2 atom stereocenters. The summed E-state index contributed by atoms with van der Waals surface area (Å²) in [6.07, 6.45) is 9.23. The van der Waals surface area contributed by atoms with E-state index in [1.165, 1.54) is 0 Å². The molecule has 48 heavy (non-hydrogen) atoms.